The van der Waals surface area contributed by atoms with Crippen LogP contribution in [0.4, 0.5) is 34.1 Å². The first-order valence-corrected chi connectivity index (χ1v) is 24.2. The fraction of sp³-hybridized carbons (Fsp3) is 0.0909. The van der Waals surface area contributed by atoms with E-state index in [9.17, 15) is 0 Å². The topological polar surface area (TPSA) is 22.3 Å². The first kappa shape index (κ1) is 40.8. The van der Waals surface area contributed by atoms with E-state index in [1.807, 2.05) is 0 Å². The van der Waals surface area contributed by atoms with Crippen LogP contribution in [-0.4, -0.2) is 4.98 Å². The molecule has 330 valence electrons. The van der Waals surface area contributed by atoms with Gasteiger partial charge in [-0.3, -0.25) is 0 Å². The number of nitrogens with zero attached hydrogens (tertiary/aromatic N) is 2. The van der Waals surface area contributed by atoms with Crippen LogP contribution in [0.5, 0.6) is 0 Å². The fourth-order valence-corrected chi connectivity index (χ4v) is 11.6. The van der Waals surface area contributed by atoms with Crippen molar-refractivity contribution in [3.8, 4) is 44.5 Å². The molecule has 13 rings (SSSR count). The summed E-state index contributed by atoms with van der Waals surface area (Å²) in [6.45, 7) is 9.52. The molecule has 0 aliphatic heterocycles. The zero-order valence-electron chi connectivity index (χ0n) is 39.3. The highest BCUT2D eigenvalue weighted by atomic mass is 15.1. The van der Waals surface area contributed by atoms with Crippen LogP contribution in [0.3, 0.4) is 0 Å². The number of para-hydroxylation sites is 3. The largest absolute Gasteiger partial charge is 0.354 e. The van der Waals surface area contributed by atoms with Gasteiger partial charge in [0, 0.05) is 66.8 Å². The van der Waals surface area contributed by atoms with E-state index in [1.54, 1.807) is 0 Å². The molecule has 1 N–H and O–H groups in total. The molecule has 0 atom stereocenters. The molecule has 3 nitrogen and oxygen atoms in total. The Morgan fingerprint density at radius 2 is 0.739 bits per heavy atom. The van der Waals surface area contributed by atoms with E-state index >= 15 is 0 Å². The molecular formula is C66H51N3. The van der Waals surface area contributed by atoms with Crippen LogP contribution < -0.4 is 9.80 Å². The minimum absolute atomic E-state index is 0.145. The van der Waals surface area contributed by atoms with Gasteiger partial charge in [-0.25, -0.2) is 0 Å². The molecule has 1 aromatic heterocycles. The number of fused-ring (bicyclic) bond motifs is 9. The molecule has 2 aliphatic carbocycles. The summed E-state index contributed by atoms with van der Waals surface area (Å²) < 4.78 is 0. The van der Waals surface area contributed by atoms with Crippen LogP contribution in [0, 0.1) is 0 Å². The molecule has 0 saturated heterocycles. The van der Waals surface area contributed by atoms with Crippen molar-refractivity contribution in [3.63, 3.8) is 0 Å². The Labute approximate surface area is 404 Å². The average Bonchev–Trinajstić information content (AvgIpc) is 3.96. The highest BCUT2D eigenvalue weighted by Gasteiger charge is 2.38. The number of anilines is 6. The van der Waals surface area contributed by atoms with Crippen LogP contribution >= 0.6 is 0 Å². The molecule has 0 bridgehead atoms. The molecule has 0 radical (unpaired) electrons. The number of nitrogens with one attached hydrogen (secondary N) is 1. The van der Waals surface area contributed by atoms with Crippen molar-refractivity contribution in [2.24, 2.45) is 0 Å². The fourth-order valence-electron chi connectivity index (χ4n) is 11.6. The van der Waals surface area contributed by atoms with E-state index in [4.69, 9.17) is 0 Å². The summed E-state index contributed by atoms with van der Waals surface area (Å²) in [5.41, 5.74) is 24.0. The molecule has 2 aliphatic rings. The first-order valence-electron chi connectivity index (χ1n) is 24.2. The second kappa shape index (κ2) is 15.6. The number of aromatic nitrogens is 1. The number of benzene rings is 10. The molecule has 0 amide bonds. The maximum atomic E-state index is 3.90. The van der Waals surface area contributed by atoms with E-state index in [2.05, 4.69) is 273 Å². The Kier molecular flexibility index (Phi) is 9.22. The lowest BCUT2D eigenvalue weighted by Crippen LogP contribution is -2.17. The van der Waals surface area contributed by atoms with Gasteiger partial charge in [-0.15, -0.1) is 0 Å². The number of hydrogen-bond acceptors (Lipinski definition) is 2. The van der Waals surface area contributed by atoms with Gasteiger partial charge in [0.15, 0.2) is 0 Å². The second-order valence-electron chi connectivity index (χ2n) is 19.9. The monoisotopic (exact) mass is 885 g/mol. The maximum absolute atomic E-state index is 3.90. The Hall–Kier alpha value is -8.40. The average molecular weight is 886 g/mol. The molecule has 1 heterocycles. The second-order valence-corrected chi connectivity index (χ2v) is 19.9. The van der Waals surface area contributed by atoms with Crippen LogP contribution in [0.25, 0.3) is 66.3 Å². The highest BCUT2D eigenvalue weighted by Crippen LogP contribution is 2.54. The van der Waals surface area contributed by atoms with Crippen LogP contribution in [-0.2, 0) is 10.8 Å². The minimum atomic E-state index is -0.256. The molecule has 0 fully saturated rings. The lowest BCUT2D eigenvalue weighted by molar-refractivity contribution is 0.660. The third kappa shape index (κ3) is 6.49. The predicted molar refractivity (Wildman–Crippen MR) is 291 cm³/mol. The van der Waals surface area contributed by atoms with Crippen LogP contribution in [0.1, 0.15) is 49.9 Å². The third-order valence-corrected chi connectivity index (χ3v) is 15.2. The Morgan fingerprint density at radius 3 is 1.39 bits per heavy atom. The summed E-state index contributed by atoms with van der Waals surface area (Å²) in [7, 11) is 0. The van der Waals surface area contributed by atoms with Gasteiger partial charge in [0.05, 0.1) is 5.52 Å². The van der Waals surface area contributed by atoms with E-state index < -0.39 is 0 Å². The van der Waals surface area contributed by atoms with Crippen LogP contribution in [0.2, 0.25) is 0 Å². The molecular weight excluding hydrogens is 835 g/mol. The van der Waals surface area contributed by atoms with Crippen molar-refractivity contribution in [1.29, 1.82) is 0 Å². The normalized spacial score (nSPS) is 13.7. The molecule has 11 aromatic rings. The highest BCUT2D eigenvalue weighted by molar-refractivity contribution is 6.14. The summed E-state index contributed by atoms with van der Waals surface area (Å²) in [5.74, 6) is 0. The van der Waals surface area contributed by atoms with Gasteiger partial charge >= 0.3 is 0 Å². The van der Waals surface area contributed by atoms with Gasteiger partial charge < -0.3 is 14.8 Å². The molecule has 3 heteroatoms. The van der Waals surface area contributed by atoms with Crippen molar-refractivity contribution in [1.82, 2.24) is 4.98 Å². The zero-order chi connectivity index (χ0) is 46.4. The Morgan fingerprint density at radius 1 is 0.290 bits per heavy atom. The number of hydrogen-bond donors (Lipinski definition) is 1. The van der Waals surface area contributed by atoms with Gasteiger partial charge in [0.25, 0.3) is 0 Å². The maximum Gasteiger partial charge on any atom is 0.0546 e. The van der Waals surface area contributed by atoms with E-state index in [-0.39, 0.29) is 10.8 Å². The lowest BCUT2D eigenvalue weighted by Gasteiger charge is -2.29. The summed E-state index contributed by atoms with van der Waals surface area (Å²) in [4.78, 5) is 8.74. The van der Waals surface area contributed by atoms with Crippen molar-refractivity contribution < 1.29 is 0 Å². The quantitative estimate of drug-likeness (QED) is 0.164. The first-order chi connectivity index (χ1) is 33.7. The third-order valence-electron chi connectivity index (χ3n) is 15.2. The molecule has 0 spiro atoms. The molecule has 0 unspecified atom stereocenters. The van der Waals surface area contributed by atoms with Crippen molar-refractivity contribution in [3.05, 3.63) is 253 Å². The summed E-state index contributed by atoms with van der Waals surface area (Å²) in [5, 5.41) is 2.41. The lowest BCUT2D eigenvalue weighted by atomic mass is 9.81. The SMILES string of the molecule is CC1(C)c2ccccc2-c2ccc(N(c3ccc(-c4ccccc4)cc3)c3cc(-c4ccc5c(c4)C(C)(C)c4cc(N(c6ccccc6)c6ccccc6)ccc4-5)c4[nH]c5ccccc5c4c3)cc21. The van der Waals surface area contributed by atoms with Crippen LogP contribution in [0.15, 0.2) is 231 Å². The van der Waals surface area contributed by atoms with Gasteiger partial charge in [-0.05, 0) is 146 Å². The number of rotatable bonds is 8. The van der Waals surface area contributed by atoms with Gasteiger partial charge in [-0.2, -0.15) is 0 Å². The van der Waals surface area contributed by atoms with Gasteiger partial charge in [-0.1, -0.05) is 173 Å². The molecule has 0 saturated carbocycles. The predicted octanol–water partition coefficient (Wildman–Crippen LogP) is 18.2. The van der Waals surface area contributed by atoms with Crippen molar-refractivity contribution >= 4 is 55.9 Å². The van der Waals surface area contributed by atoms with E-state index in [0.29, 0.717) is 0 Å². The molecule has 69 heavy (non-hydrogen) atoms. The number of aromatic amines is 1. The summed E-state index contributed by atoms with van der Waals surface area (Å²) >= 11 is 0. The smallest absolute Gasteiger partial charge is 0.0546 e. The Bertz CT molecular complexity index is 3730. The van der Waals surface area contributed by atoms with Gasteiger partial charge in [0.2, 0.25) is 0 Å². The summed E-state index contributed by atoms with van der Waals surface area (Å²) in [6.07, 6.45) is 0. The van der Waals surface area contributed by atoms with E-state index in [0.717, 1.165) is 45.2 Å². The van der Waals surface area contributed by atoms with Crippen molar-refractivity contribution in [2.75, 3.05) is 9.80 Å². The Balaban J connectivity index is 0.978. The zero-order valence-corrected chi connectivity index (χ0v) is 39.3. The van der Waals surface area contributed by atoms with Gasteiger partial charge in [0.1, 0.15) is 0 Å². The summed E-state index contributed by atoms with van der Waals surface area (Å²) in [6, 6.07) is 85.0. The number of H-pyrrole nitrogens is 1. The standard InChI is InChI=1S/C66H51N3/c1-65(2)59-26-16-14-24-52(59)54-36-34-50(42-61(54)65)69(48-31-28-44(29-32-48)43-18-8-5-9-19-43)51-39-57(64-58(40-51)56-25-15-17-27-63(56)67-64)45-30-35-53-55-37-33-49(41-62(55)66(3,4)60(53)38-45)68(46-20-10-6-11-21-46)47-22-12-7-13-23-47/h5-42,67H,1-4H3. The molecule has 10 aromatic carbocycles. The van der Waals surface area contributed by atoms with E-state index in [1.165, 1.54) is 77.5 Å². The minimum Gasteiger partial charge on any atom is -0.354 e. The van der Waals surface area contributed by atoms with Crippen molar-refractivity contribution in [2.45, 2.75) is 38.5 Å².